The molecule has 37 heavy (non-hydrogen) atoms. The number of aliphatic imine (C=N–C) groups is 1. The average molecular weight is 526 g/mol. The van der Waals surface area contributed by atoms with Crippen molar-refractivity contribution in [3.8, 4) is 0 Å². The Kier molecular flexibility index (Phi) is 13.0. The molecule has 15 nitrogen and oxygen atoms in total. The van der Waals surface area contributed by atoms with Crippen LogP contribution in [0.1, 0.15) is 45.7 Å². The largest absolute Gasteiger partial charge is 0.480 e. The lowest BCUT2D eigenvalue weighted by Crippen LogP contribution is -2.61. The van der Waals surface area contributed by atoms with E-state index in [1.165, 1.54) is 19.4 Å². The summed E-state index contributed by atoms with van der Waals surface area (Å²) in [7, 11) is 0. The predicted octanol–water partition coefficient (Wildman–Crippen LogP) is -2.70. The molecule has 3 amide bonds. The van der Waals surface area contributed by atoms with Crippen molar-refractivity contribution in [2.75, 3.05) is 6.54 Å². The number of aliphatic carboxylic acids is 1. The summed E-state index contributed by atoms with van der Waals surface area (Å²) in [5, 5.41) is 27.0. The van der Waals surface area contributed by atoms with Crippen LogP contribution < -0.4 is 33.2 Å². The molecule has 6 atom stereocenters. The number of nitrogens with zero attached hydrogens (tertiary/aromatic N) is 2. The quantitative estimate of drug-likeness (QED) is 0.0612. The fourth-order valence-electron chi connectivity index (χ4n) is 3.36. The summed E-state index contributed by atoms with van der Waals surface area (Å²) in [5.74, 6) is -3.99. The average Bonchev–Trinajstić information content (AvgIpc) is 3.34. The number of aliphatic hydroxyl groups excluding tert-OH is 1. The lowest BCUT2D eigenvalue weighted by atomic mass is 9.97. The van der Waals surface area contributed by atoms with E-state index in [4.69, 9.17) is 17.2 Å². The Morgan fingerprint density at radius 1 is 1.08 bits per heavy atom. The van der Waals surface area contributed by atoms with Crippen LogP contribution in [0.4, 0.5) is 0 Å². The van der Waals surface area contributed by atoms with Gasteiger partial charge in [-0.1, -0.05) is 20.3 Å². The van der Waals surface area contributed by atoms with Crippen LogP contribution in [0.25, 0.3) is 0 Å². The number of H-pyrrole nitrogens is 1. The first-order valence-electron chi connectivity index (χ1n) is 12.0. The molecular weight excluding hydrogens is 486 g/mol. The van der Waals surface area contributed by atoms with E-state index in [2.05, 4.69) is 30.9 Å². The van der Waals surface area contributed by atoms with E-state index in [0.29, 0.717) is 12.1 Å². The van der Waals surface area contributed by atoms with E-state index in [0.717, 1.165) is 0 Å². The molecule has 0 aromatic carbocycles. The highest BCUT2D eigenvalue weighted by molar-refractivity contribution is 5.94. The van der Waals surface area contributed by atoms with Crippen LogP contribution in [-0.2, 0) is 25.6 Å². The highest BCUT2D eigenvalue weighted by atomic mass is 16.4. The second kappa shape index (κ2) is 15.4. The number of aliphatic hydroxyl groups is 1. The number of amides is 3. The van der Waals surface area contributed by atoms with Gasteiger partial charge in [0, 0.05) is 24.9 Å². The molecule has 1 aromatic rings. The highest BCUT2D eigenvalue weighted by Gasteiger charge is 2.34. The van der Waals surface area contributed by atoms with Gasteiger partial charge in [-0.3, -0.25) is 19.4 Å². The summed E-state index contributed by atoms with van der Waals surface area (Å²) < 4.78 is 0. The number of imidazole rings is 1. The summed E-state index contributed by atoms with van der Waals surface area (Å²) >= 11 is 0. The zero-order valence-corrected chi connectivity index (χ0v) is 21.3. The molecule has 0 radical (unpaired) electrons. The van der Waals surface area contributed by atoms with Gasteiger partial charge in [0.05, 0.1) is 18.5 Å². The van der Waals surface area contributed by atoms with Gasteiger partial charge >= 0.3 is 5.97 Å². The summed E-state index contributed by atoms with van der Waals surface area (Å²) in [4.78, 5) is 60.7. The minimum absolute atomic E-state index is 0.0120. The Morgan fingerprint density at radius 2 is 1.70 bits per heavy atom. The number of nitrogens with one attached hydrogen (secondary N) is 4. The van der Waals surface area contributed by atoms with Crippen molar-refractivity contribution < 1.29 is 29.4 Å². The molecule has 0 bridgehead atoms. The van der Waals surface area contributed by atoms with Gasteiger partial charge < -0.3 is 48.3 Å². The number of aromatic nitrogens is 2. The van der Waals surface area contributed by atoms with Gasteiger partial charge in [-0.05, 0) is 25.7 Å². The van der Waals surface area contributed by atoms with E-state index in [9.17, 15) is 29.4 Å². The van der Waals surface area contributed by atoms with Crippen LogP contribution in [0.3, 0.4) is 0 Å². The van der Waals surface area contributed by atoms with Gasteiger partial charge in [0.25, 0.3) is 0 Å². The Balaban J connectivity index is 2.89. The molecule has 0 aliphatic heterocycles. The number of hydrogen-bond donors (Lipinski definition) is 9. The van der Waals surface area contributed by atoms with Gasteiger partial charge in [-0.25, -0.2) is 9.78 Å². The number of hydrogen-bond acceptors (Lipinski definition) is 8. The Bertz CT molecular complexity index is 918. The van der Waals surface area contributed by atoms with Gasteiger partial charge in [0.1, 0.15) is 18.1 Å². The van der Waals surface area contributed by atoms with Crippen LogP contribution in [0.5, 0.6) is 0 Å². The van der Waals surface area contributed by atoms with Crippen LogP contribution in [0, 0.1) is 5.92 Å². The lowest BCUT2D eigenvalue weighted by Gasteiger charge is -2.29. The van der Waals surface area contributed by atoms with Crippen molar-refractivity contribution in [2.24, 2.45) is 28.1 Å². The molecular formula is C22H39N9O6. The second-order valence-corrected chi connectivity index (χ2v) is 8.83. The first kappa shape index (κ1) is 31.3. The van der Waals surface area contributed by atoms with Gasteiger partial charge in [0.15, 0.2) is 5.96 Å². The number of nitrogens with two attached hydrogens (primary N) is 3. The SMILES string of the molecule is CCC(C)C(NC(=O)C(N)Cc1cnc[nH]1)C(=O)NC(C(=O)NC(CCCN=C(N)N)C(=O)O)C(C)O. The molecule has 0 spiro atoms. The smallest absolute Gasteiger partial charge is 0.326 e. The molecule has 0 aliphatic carbocycles. The molecule has 208 valence electrons. The number of carboxylic acids is 1. The standard InChI is InChI=1S/C22H39N9O6/c1-4-11(2)16(30-18(33)14(23)8-13-9-26-10-28-13)19(34)31-17(12(3)32)20(35)29-15(21(36)37)6-5-7-27-22(24)25/h9-12,14-17,32H,4-8,23H2,1-3H3,(H,26,28)(H,29,35)(H,30,33)(H,31,34)(H,36,37)(H4,24,25,27). The maximum absolute atomic E-state index is 13.1. The predicted molar refractivity (Wildman–Crippen MR) is 135 cm³/mol. The first-order chi connectivity index (χ1) is 17.4. The van der Waals surface area contributed by atoms with Crippen molar-refractivity contribution in [1.29, 1.82) is 0 Å². The van der Waals surface area contributed by atoms with E-state index in [1.54, 1.807) is 6.92 Å². The second-order valence-electron chi connectivity index (χ2n) is 8.83. The third-order valence-corrected chi connectivity index (χ3v) is 5.75. The normalized spacial score (nSPS) is 15.8. The fourth-order valence-corrected chi connectivity index (χ4v) is 3.36. The van der Waals surface area contributed by atoms with Crippen LogP contribution >= 0.6 is 0 Å². The summed E-state index contributed by atoms with van der Waals surface area (Å²) in [6, 6.07) is -4.81. The first-order valence-corrected chi connectivity index (χ1v) is 12.0. The Morgan fingerprint density at radius 3 is 2.22 bits per heavy atom. The maximum Gasteiger partial charge on any atom is 0.326 e. The van der Waals surface area contributed by atoms with Crippen molar-refractivity contribution in [2.45, 2.75) is 76.7 Å². The molecule has 0 saturated heterocycles. The monoisotopic (exact) mass is 525 g/mol. The number of rotatable bonds is 16. The Hall–Kier alpha value is -3.72. The zero-order chi connectivity index (χ0) is 28.1. The number of carbonyl (C=O) groups is 4. The third-order valence-electron chi connectivity index (χ3n) is 5.75. The minimum Gasteiger partial charge on any atom is -0.480 e. The van der Waals surface area contributed by atoms with Crippen LogP contribution in [0.2, 0.25) is 0 Å². The number of guanidine groups is 1. The molecule has 6 unspecified atom stereocenters. The maximum atomic E-state index is 13.1. The van der Waals surface area contributed by atoms with Crippen LogP contribution in [-0.4, -0.2) is 86.6 Å². The van der Waals surface area contributed by atoms with E-state index in [1.807, 2.05) is 6.92 Å². The highest BCUT2D eigenvalue weighted by Crippen LogP contribution is 2.10. The molecule has 0 saturated carbocycles. The summed E-state index contributed by atoms with van der Waals surface area (Å²) in [5.41, 5.74) is 17.1. The van der Waals surface area contributed by atoms with Crippen LogP contribution in [0.15, 0.2) is 17.5 Å². The minimum atomic E-state index is -1.48. The van der Waals surface area contributed by atoms with Crippen molar-refractivity contribution >= 4 is 29.7 Å². The van der Waals surface area contributed by atoms with Crippen molar-refractivity contribution in [3.63, 3.8) is 0 Å². The van der Waals surface area contributed by atoms with Gasteiger partial charge in [0.2, 0.25) is 17.7 Å². The number of aromatic amines is 1. The summed E-state index contributed by atoms with van der Waals surface area (Å²) in [6.07, 6.45) is 2.57. The molecule has 1 rings (SSSR count). The molecule has 0 aliphatic rings. The van der Waals surface area contributed by atoms with E-state index >= 15 is 0 Å². The summed E-state index contributed by atoms with van der Waals surface area (Å²) in [6.45, 7) is 4.99. The third kappa shape index (κ3) is 10.8. The van der Waals surface area contributed by atoms with E-state index < -0.39 is 54.0 Å². The van der Waals surface area contributed by atoms with Gasteiger partial charge in [-0.2, -0.15) is 0 Å². The molecule has 0 fully saturated rings. The topological polar surface area (TPSA) is 264 Å². The number of carbonyl (C=O) groups excluding carboxylic acids is 3. The van der Waals surface area contributed by atoms with Crippen molar-refractivity contribution in [1.82, 2.24) is 25.9 Å². The molecule has 1 heterocycles. The Labute approximate surface area is 215 Å². The van der Waals surface area contributed by atoms with E-state index in [-0.39, 0.29) is 37.7 Å². The van der Waals surface area contributed by atoms with Gasteiger partial charge in [-0.15, -0.1) is 0 Å². The molecule has 12 N–H and O–H groups in total. The zero-order valence-electron chi connectivity index (χ0n) is 21.3. The molecule has 1 aromatic heterocycles. The van der Waals surface area contributed by atoms with Crippen molar-refractivity contribution in [3.05, 3.63) is 18.2 Å². The number of carboxylic acid groups (broad SMARTS) is 1. The lowest BCUT2D eigenvalue weighted by molar-refractivity contribution is -0.143. The fraction of sp³-hybridized carbons (Fsp3) is 0.636. The molecule has 15 heteroatoms.